The quantitative estimate of drug-likeness (QED) is 0.523. The van der Waals surface area contributed by atoms with Gasteiger partial charge in [0.15, 0.2) is 0 Å². The topological polar surface area (TPSA) is 57.6 Å². The number of amides is 1. The van der Waals surface area contributed by atoms with E-state index in [0.29, 0.717) is 19.1 Å². The zero-order chi connectivity index (χ0) is 17.1. The zero-order valence-electron chi connectivity index (χ0n) is 13.6. The Bertz CT molecular complexity index is 715. The Hall–Kier alpha value is -2.40. The van der Waals surface area contributed by atoms with Crippen LogP contribution in [0.1, 0.15) is 12.0 Å². The van der Waals surface area contributed by atoms with Crippen LogP contribution in [0, 0.1) is 5.92 Å². The van der Waals surface area contributed by atoms with Crippen molar-refractivity contribution in [2.45, 2.75) is 25.7 Å². The lowest BCUT2D eigenvalue weighted by Crippen LogP contribution is -2.45. The van der Waals surface area contributed by atoms with Crippen molar-refractivity contribution in [2.75, 3.05) is 0 Å². The average Bonchev–Trinajstić information content (AvgIpc) is 2.92. The first-order valence-corrected chi connectivity index (χ1v) is 8.20. The van der Waals surface area contributed by atoms with Gasteiger partial charge in [-0.3, -0.25) is 4.79 Å². The summed E-state index contributed by atoms with van der Waals surface area (Å²) in [5.74, 6) is -0.904. The maximum absolute atomic E-state index is 12.2. The standard InChI is InChI=1S/C19H20BNO3/c1-20(24)21-18(12-17(13-22)19(21)23)11-14-7-9-16(10-8-14)15-5-3-2-4-6-15/h2-10,13,17-18,24H,11-12H2,1H3/t17?,18-/m1/s1. The highest BCUT2D eigenvalue weighted by Crippen LogP contribution is 2.28. The molecule has 1 aliphatic rings. The number of nitrogens with zero attached hydrogens (tertiary/aromatic N) is 1. The fourth-order valence-electron chi connectivity index (χ4n) is 3.40. The Labute approximate surface area is 142 Å². The van der Waals surface area contributed by atoms with Gasteiger partial charge >= 0.3 is 7.05 Å². The number of carbonyl (C=O) groups excluding carboxylic acids is 2. The second-order valence-electron chi connectivity index (χ2n) is 6.28. The highest BCUT2D eigenvalue weighted by Gasteiger charge is 2.42. The van der Waals surface area contributed by atoms with Crippen molar-refractivity contribution < 1.29 is 14.6 Å². The van der Waals surface area contributed by atoms with Crippen molar-refractivity contribution in [2.24, 2.45) is 5.92 Å². The van der Waals surface area contributed by atoms with E-state index in [9.17, 15) is 14.6 Å². The molecule has 1 aliphatic heterocycles. The summed E-state index contributed by atoms with van der Waals surface area (Å²) in [6.45, 7) is 1.57. The van der Waals surface area contributed by atoms with Crippen LogP contribution in [0.2, 0.25) is 6.82 Å². The molecule has 1 heterocycles. The third-order valence-electron chi connectivity index (χ3n) is 4.59. The Morgan fingerprint density at radius 1 is 1.12 bits per heavy atom. The van der Waals surface area contributed by atoms with Gasteiger partial charge in [0.05, 0.1) is 5.92 Å². The molecule has 1 saturated heterocycles. The van der Waals surface area contributed by atoms with E-state index in [1.807, 2.05) is 30.3 Å². The van der Waals surface area contributed by atoms with Crippen LogP contribution in [-0.4, -0.2) is 35.1 Å². The molecule has 0 spiro atoms. The minimum Gasteiger partial charge on any atom is -0.432 e. The Balaban J connectivity index is 1.76. The molecule has 0 aromatic heterocycles. The van der Waals surface area contributed by atoms with E-state index < -0.39 is 13.0 Å². The summed E-state index contributed by atoms with van der Waals surface area (Å²) in [6, 6.07) is 18.2. The molecule has 1 unspecified atom stereocenters. The van der Waals surface area contributed by atoms with Crippen LogP contribution in [-0.2, 0) is 16.0 Å². The molecule has 3 rings (SSSR count). The molecule has 2 atom stereocenters. The summed E-state index contributed by atoms with van der Waals surface area (Å²) in [7, 11) is -0.879. The van der Waals surface area contributed by atoms with Crippen molar-refractivity contribution in [3.8, 4) is 11.1 Å². The van der Waals surface area contributed by atoms with Gasteiger partial charge in [0, 0.05) is 6.04 Å². The fourth-order valence-corrected chi connectivity index (χ4v) is 3.40. The number of rotatable bonds is 5. The maximum Gasteiger partial charge on any atom is 0.412 e. The highest BCUT2D eigenvalue weighted by atomic mass is 16.2. The summed E-state index contributed by atoms with van der Waals surface area (Å²) in [6.07, 6.45) is 1.79. The lowest BCUT2D eigenvalue weighted by atomic mass is 9.83. The predicted molar refractivity (Wildman–Crippen MR) is 94.2 cm³/mol. The minimum absolute atomic E-state index is 0.143. The summed E-state index contributed by atoms with van der Waals surface area (Å²) in [5.41, 5.74) is 3.39. The van der Waals surface area contributed by atoms with E-state index in [1.165, 1.54) is 4.81 Å². The van der Waals surface area contributed by atoms with Gasteiger partial charge in [-0.05, 0) is 36.4 Å². The number of carbonyl (C=O) groups is 2. The highest BCUT2D eigenvalue weighted by molar-refractivity contribution is 6.49. The first-order chi connectivity index (χ1) is 11.6. The molecule has 24 heavy (non-hydrogen) atoms. The summed E-state index contributed by atoms with van der Waals surface area (Å²) < 4.78 is 0. The Morgan fingerprint density at radius 3 is 2.33 bits per heavy atom. The molecule has 1 fully saturated rings. The number of hydrogen-bond acceptors (Lipinski definition) is 3. The molecule has 0 bridgehead atoms. The van der Waals surface area contributed by atoms with Gasteiger partial charge in [-0.2, -0.15) is 0 Å². The molecule has 122 valence electrons. The van der Waals surface area contributed by atoms with Gasteiger partial charge in [-0.15, -0.1) is 0 Å². The normalized spacial score (nSPS) is 20.2. The van der Waals surface area contributed by atoms with Crippen molar-refractivity contribution >= 4 is 19.2 Å². The molecule has 0 saturated carbocycles. The molecule has 2 aromatic rings. The molecule has 1 N–H and O–H groups in total. The Morgan fingerprint density at radius 2 is 1.75 bits per heavy atom. The van der Waals surface area contributed by atoms with E-state index in [4.69, 9.17) is 0 Å². The summed E-state index contributed by atoms with van der Waals surface area (Å²) in [4.78, 5) is 24.6. The van der Waals surface area contributed by atoms with Crippen LogP contribution in [0.25, 0.3) is 11.1 Å². The van der Waals surface area contributed by atoms with Crippen molar-refractivity contribution in [1.82, 2.24) is 4.81 Å². The van der Waals surface area contributed by atoms with Crippen LogP contribution in [0.4, 0.5) is 0 Å². The molecule has 0 aliphatic carbocycles. The largest absolute Gasteiger partial charge is 0.432 e. The van der Waals surface area contributed by atoms with Crippen LogP contribution >= 0.6 is 0 Å². The molecule has 5 heteroatoms. The van der Waals surface area contributed by atoms with Gasteiger partial charge in [-0.25, -0.2) is 0 Å². The lowest BCUT2D eigenvalue weighted by molar-refractivity contribution is -0.131. The van der Waals surface area contributed by atoms with E-state index in [1.54, 1.807) is 6.82 Å². The monoisotopic (exact) mass is 321 g/mol. The van der Waals surface area contributed by atoms with E-state index in [2.05, 4.69) is 24.3 Å². The second kappa shape index (κ2) is 7.01. The number of aldehydes is 1. The lowest BCUT2D eigenvalue weighted by Gasteiger charge is -2.25. The number of hydrogen-bond donors (Lipinski definition) is 1. The third kappa shape index (κ3) is 3.26. The van der Waals surface area contributed by atoms with Crippen LogP contribution in [0.15, 0.2) is 54.6 Å². The van der Waals surface area contributed by atoms with Crippen molar-refractivity contribution in [1.29, 1.82) is 0 Å². The molecule has 1 amide bonds. The van der Waals surface area contributed by atoms with Crippen LogP contribution < -0.4 is 0 Å². The molecule has 4 nitrogen and oxygen atoms in total. The molecule has 0 radical (unpaired) electrons. The van der Waals surface area contributed by atoms with Gasteiger partial charge in [-0.1, -0.05) is 54.6 Å². The van der Waals surface area contributed by atoms with Crippen LogP contribution in [0.3, 0.4) is 0 Å². The van der Waals surface area contributed by atoms with Gasteiger partial charge in [0.1, 0.15) is 6.29 Å². The van der Waals surface area contributed by atoms with Crippen molar-refractivity contribution in [3.05, 3.63) is 60.2 Å². The first-order valence-electron chi connectivity index (χ1n) is 8.20. The van der Waals surface area contributed by atoms with Gasteiger partial charge in [0.2, 0.25) is 5.91 Å². The van der Waals surface area contributed by atoms with Gasteiger partial charge in [0.25, 0.3) is 0 Å². The predicted octanol–water partition coefficient (Wildman–Crippen LogP) is 2.42. The molecular formula is C19H20BNO3. The second-order valence-corrected chi connectivity index (χ2v) is 6.28. The van der Waals surface area contributed by atoms with Gasteiger partial charge < -0.3 is 14.6 Å². The SMILES string of the molecule is CB(O)N1C(=O)C(C=O)C[C@H]1Cc1ccc(-c2ccccc2)cc1. The third-order valence-corrected chi connectivity index (χ3v) is 4.59. The fraction of sp³-hybridized carbons (Fsp3) is 0.263. The summed E-state index contributed by atoms with van der Waals surface area (Å²) in [5, 5.41) is 9.87. The zero-order valence-corrected chi connectivity index (χ0v) is 13.6. The smallest absolute Gasteiger partial charge is 0.412 e. The summed E-state index contributed by atoms with van der Waals surface area (Å²) >= 11 is 0. The van der Waals surface area contributed by atoms with Crippen LogP contribution in [0.5, 0.6) is 0 Å². The van der Waals surface area contributed by atoms with Crippen molar-refractivity contribution in [3.63, 3.8) is 0 Å². The van der Waals surface area contributed by atoms with E-state index >= 15 is 0 Å². The maximum atomic E-state index is 12.2. The molecule has 2 aromatic carbocycles. The molecular weight excluding hydrogens is 301 g/mol. The minimum atomic E-state index is -0.879. The first kappa shape index (κ1) is 16.5. The van der Waals surface area contributed by atoms with E-state index in [0.717, 1.165) is 16.7 Å². The average molecular weight is 321 g/mol. The Kier molecular flexibility index (Phi) is 4.81. The van der Waals surface area contributed by atoms with E-state index in [-0.39, 0.29) is 11.9 Å². The number of benzene rings is 2.